The van der Waals surface area contributed by atoms with Crippen LogP contribution in [-0.4, -0.2) is 23.0 Å². The fraction of sp³-hybridized carbons (Fsp3) is 0.133. The fourth-order valence-electron chi connectivity index (χ4n) is 1.87. The van der Waals surface area contributed by atoms with Gasteiger partial charge in [-0.05, 0) is 35.9 Å². The molecule has 0 fully saturated rings. The van der Waals surface area contributed by atoms with Gasteiger partial charge in [0, 0.05) is 18.6 Å². The number of phenolic OH excluding ortho intramolecular Hbond substituents is 1. The number of nitrogens with zero attached hydrogens (tertiary/aromatic N) is 1. The lowest BCUT2D eigenvalue weighted by atomic mass is 10.1. The molecule has 6 heteroatoms. The molecule has 1 N–H and O–H groups in total. The van der Waals surface area contributed by atoms with E-state index in [1.807, 2.05) is 0 Å². The first kappa shape index (κ1) is 16.0. The van der Waals surface area contributed by atoms with E-state index >= 15 is 0 Å². The average Bonchev–Trinajstić information content (AvgIpc) is 2.44. The van der Waals surface area contributed by atoms with Crippen molar-refractivity contribution in [3.63, 3.8) is 0 Å². The van der Waals surface area contributed by atoms with Crippen LogP contribution in [0.25, 0.3) is 0 Å². The van der Waals surface area contributed by atoms with Gasteiger partial charge in [0.25, 0.3) is 5.91 Å². The molecule has 0 aliphatic rings. The van der Waals surface area contributed by atoms with Gasteiger partial charge in [0.1, 0.15) is 5.75 Å². The van der Waals surface area contributed by atoms with Gasteiger partial charge in [-0.2, -0.15) is 0 Å². The second-order valence-electron chi connectivity index (χ2n) is 4.57. The molecule has 0 heterocycles. The highest BCUT2D eigenvalue weighted by molar-refractivity contribution is 6.42. The number of amides is 1. The van der Waals surface area contributed by atoms with E-state index in [4.69, 9.17) is 34.8 Å². The molecule has 0 spiro atoms. The molecular weight excluding hydrogens is 333 g/mol. The predicted octanol–water partition coefficient (Wildman–Crippen LogP) is 4.62. The lowest BCUT2D eigenvalue weighted by Crippen LogP contribution is -2.26. The Bertz CT molecular complexity index is 689. The Balaban J connectivity index is 2.19. The van der Waals surface area contributed by atoms with Crippen molar-refractivity contribution in [3.8, 4) is 5.75 Å². The minimum atomic E-state index is -0.332. The number of carbonyl (C=O) groups is 1. The molecule has 3 nitrogen and oxygen atoms in total. The van der Waals surface area contributed by atoms with Gasteiger partial charge in [-0.1, -0.05) is 40.9 Å². The molecule has 0 unspecified atom stereocenters. The fourth-order valence-corrected chi connectivity index (χ4v) is 2.36. The smallest absolute Gasteiger partial charge is 0.257 e. The van der Waals surface area contributed by atoms with Gasteiger partial charge in [-0.3, -0.25) is 4.79 Å². The maximum atomic E-state index is 12.3. The van der Waals surface area contributed by atoms with Gasteiger partial charge < -0.3 is 10.0 Å². The van der Waals surface area contributed by atoms with Crippen LogP contribution in [0.3, 0.4) is 0 Å². The molecule has 1 amide bonds. The summed E-state index contributed by atoms with van der Waals surface area (Å²) in [7, 11) is 1.63. The number of benzene rings is 2. The van der Waals surface area contributed by atoms with Gasteiger partial charge in [0.15, 0.2) is 0 Å². The lowest BCUT2D eigenvalue weighted by molar-refractivity contribution is 0.0782. The molecule has 21 heavy (non-hydrogen) atoms. The van der Waals surface area contributed by atoms with Crippen molar-refractivity contribution < 1.29 is 9.90 Å². The number of hydrogen-bond acceptors (Lipinski definition) is 2. The first-order valence-electron chi connectivity index (χ1n) is 6.06. The molecule has 110 valence electrons. The first-order chi connectivity index (χ1) is 9.88. The van der Waals surface area contributed by atoms with Crippen LogP contribution < -0.4 is 0 Å². The zero-order valence-electron chi connectivity index (χ0n) is 11.1. The van der Waals surface area contributed by atoms with Gasteiger partial charge in [0.05, 0.1) is 15.6 Å². The second-order valence-corrected chi connectivity index (χ2v) is 5.82. The van der Waals surface area contributed by atoms with Gasteiger partial charge in [0.2, 0.25) is 0 Å². The maximum Gasteiger partial charge on any atom is 0.257 e. The van der Waals surface area contributed by atoms with Crippen molar-refractivity contribution in [1.29, 1.82) is 0 Å². The van der Waals surface area contributed by atoms with Gasteiger partial charge in [-0.15, -0.1) is 0 Å². The summed E-state index contributed by atoms with van der Waals surface area (Å²) in [5, 5.41) is 11.0. The van der Waals surface area contributed by atoms with Crippen LogP contribution in [0.2, 0.25) is 15.1 Å². The Hall–Kier alpha value is -1.42. The SMILES string of the molecule is CN(Cc1ccc(Cl)c(Cl)c1)C(=O)c1cc(Cl)ccc1O. The Morgan fingerprint density at radius 3 is 2.48 bits per heavy atom. The van der Waals surface area contributed by atoms with E-state index < -0.39 is 0 Å². The van der Waals surface area contributed by atoms with Crippen LogP contribution >= 0.6 is 34.8 Å². The van der Waals surface area contributed by atoms with Crippen LogP contribution in [-0.2, 0) is 6.54 Å². The maximum absolute atomic E-state index is 12.3. The lowest BCUT2D eigenvalue weighted by Gasteiger charge is -2.18. The summed E-state index contributed by atoms with van der Waals surface area (Å²) in [6, 6.07) is 9.51. The van der Waals surface area contributed by atoms with Crippen LogP contribution in [0.5, 0.6) is 5.75 Å². The van der Waals surface area contributed by atoms with Crippen molar-refractivity contribution in [1.82, 2.24) is 4.90 Å². The Morgan fingerprint density at radius 1 is 1.10 bits per heavy atom. The number of phenols is 1. The van der Waals surface area contributed by atoms with Crippen LogP contribution in [0.1, 0.15) is 15.9 Å². The van der Waals surface area contributed by atoms with E-state index in [2.05, 4.69) is 0 Å². The summed E-state index contributed by atoms with van der Waals surface area (Å²) in [5.74, 6) is -0.438. The highest BCUT2D eigenvalue weighted by atomic mass is 35.5. The zero-order valence-corrected chi connectivity index (χ0v) is 13.4. The third-order valence-electron chi connectivity index (χ3n) is 2.94. The van der Waals surface area contributed by atoms with E-state index in [1.165, 1.54) is 23.1 Å². The quantitative estimate of drug-likeness (QED) is 0.882. The molecule has 0 saturated heterocycles. The van der Waals surface area contributed by atoms with Crippen molar-refractivity contribution >= 4 is 40.7 Å². The molecule has 0 aliphatic carbocycles. The van der Waals surface area contributed by atoms with Gasteiger partial charge in [-0.25, -0.2) is 0 Å². The minimum Gasteiger partial charge on any atom is -0.507 e. The molecule has 0 radical (unpaired) electrons. The summed E-state index contributed by atoms with van der Waals surface area (Å²) in [4.78, 5) is 13.8. The number of aromatic hydroxyl groups is 1. The second kappa shape index (κ2) is 6.56. The summed E-state index contributed by atoms with van der Waals surface area (Å²) in [5.41, 5.74) is 0.992. The monoisotopic (exact) mass is 343 g/mol. The van der Waals surface area contributed by atoms with Crippen molar-refractivity contribution in [3.05, 3.63) is 62.6 Å². The largest absolute Gasteiger partial charge is 0.507 e. The van der Waals surface area contributed by atoms with Crippen LogP contribution in [0, 0.1) is 0 Å². The summed E-state index contributed by atoms with van der Waals surface area (Å²) in [6.07, 6.45) is 0. The summed E-state index contributed by atoms with van der Waals surface area (Å²) < 4.78 is 0. The van der Waals surface area contributed by atoms with Crippen LogP contribution in [0.4, 0.5) is 0 Å². The van der Waals surface area contributed by atoms with Crippen molar-refractivity contribution in [2.75, 3.05) is 7.05 Å². The standard InChI is InChI=1S/C15H12Cl3NO2/c1-19(8-9-2-4-12(17)13(18)6-9)15(21)11-7-10(16)3-5-14(11)20/h2-7,20H,8H2,1H3. The summed E-state index contributed by atoms with van der Waals surface area (Å²) in [6.45, 7) is 0.335. The zero-order chi connectivity index (χ0) is 15.6. The van der Waals surface area contributed by atoms with Gasteiger partial charge >= 0.3 is 0 Å². The first-order valence-corrected chi connectivity index (χ1v) is 7.20. The highest BCUT2D eigenvalue weighted by Gasteiger charge is 2.16. The van der Waals surface area contributed by atoms with Crippen LogP contribution in [0.15, 0.2) is 36.4 Å². The normalized spacial score (nSPS) is 10.5. The molecular formula is C15H12Cl3NO2. The predicted molar refractivity (Wildman–Crippen MR) is 85.4 cm³/mol. The molecule has 2 rings (SSSR count). The van der Waals surface area contributed by atoms with E-state index in [1.54, 1.807) is 25.2 Å². The molecule has 0 bridgehead atoms. The van der Waals surface area contributed by atoms with E-state index in [9.17, 15) is 9.90 Å². The van der Waals surface area contributed by atoms with Crippen molar-refractivity contribution in [2.24, 2.45) is 0 Å². The number of hydrogen-bond donors (Lipinski definition) is 1. The molecule has 0 saturated carbocycles. The average molecular weight is 345 g/mol. The summed E-state index contributed by atoms with van der Waals surface area (Å²) >= 11 is 17.7. The minimum absolute atomic E-state index is 0.106. The third kappa shape index (κ3) is 3.82. The topological polar surface area (TPSA) is 40.5 Å². The Labute approximate surface area is 137 Å². The molecule has 0 aromatic heterocycles. The van der Waals surface area contributed by atoms with Crippen molar-refractivity contribution in [2.45, 2.75) is 6.54 Å². The van der Waals surface area contributed by atoms with E-state index in [0.29, 0.717) is 21.6 Å². The Kier molecular flexibility index (Phi) is 4.99. The third-order valence-corrected chi connectivity index (χ3v) is 3.91. The molecule has 0 aliphatic heterocycles. The molecule has 2 aromatic carbocycles. The number of halogens is 3. The molecule has 0 atom stereocenters. The molecule has 2 aromatic rings. The van der Waals surface area contributed by atoms with E-state index in [-0.39, 0.29) is 17.2 Å². The number of rotatable bonds is 3. The number of carbonyl (C=O) groups excluding carboxylic acids is 1. The van der Waals surface area contributed by atoms with E-state index in [0.717, 1.165) is 5.56 Å². The Morgan fingerprint density at radius 2 is 1.81 bits per heavy atom. The highest BCUT2D eigenvalue weighted by Crippen LogP contribution is 2.25.